The van der Waals surface area contributed by atoms with Crippen molar-refractivity contribution >= 4 is 34.1 Å². The average molecular weight is 428 g/mol. The van der Waals surface area contributed by atoms with Crippen molar-refractivity contribution in [2.45, 2.75) is 13.5 Å². The molecule has 162 valence electrons. The van der Waals surface area contributed by atoms with Crippen LogP contribution in [0.2, 0.25) is 0 Å². The number of fused-ring (bicyclic) bond motifs is 1. The van der Waals surface area contributed by atoms with Crippen LogP contribution >= 0.6 is 0 Å². The molecule has 0 aliphatic heterocycles. The number of benzene rings is 3. The number of rotatable bonds is 8. The Balaban J connectivity index is 1.58. The van der Waals surface area contributed by atoms with E-state index in [2.05, 4.69) is 15.6 Å². The normalized spacial score (nSPS) is 10.7. The van der Waals surface area contributed by atoms with Gasteiger partial charge in [-0.3, -0.25) is 9.59 Å². The van der Waals surface area contributed by atoms with Crippen LogP contribution in [0.15, 0.2) is 72.8 Å². The Kier molecular flexibility index (Phi) is 6.07. The molecule has 0 saturated carbocycles. The molecular formula is C25H24N4O3. The molecule has 0 atom stereocenters. The van der Waals surface area contributed by atoms with E-state index < -0.39 is 5.91 Å². The predicted molar refractivity (Wildman–Crippen MR) is 126 cm³/mol. The lowest BCUT2D eigenvalue weighted by atomic mass is 10.1. The molecule has 5 N–H and O–H groups in total. The van der Waals surface area contributed by atoms with Crippen LogP contribution in [0.4, 0.5) is 11.4 Å². The van der Waals surface area contributed by atoms with Crippen molar-refractivity contribution in [1.29, 1.82) is 0 Å². The molecule has 4 aromatic rings. The van der Waals surface area contributed by atoms with E-state index in [1.807, 2.05) is 55.5 Å². The highest BCUT2D eigenvalue weighted by molar-refractivity contribution is 6.08. The van der Waals surface area contributed by atoms with Crippen LogP contribution in [0.1, 0.15) is 33.3 Å². The molecule has 7 nitrogen and oxygen atoms in total. The van der Waals surface area contributed by atoms with Crippen molar-refractivity contribution in [2.24, 2.45) is 5.73 Å². The summed E-state index contributed by atoms with van der Waals surface area (Å²) in [6.45, 7) is 3.04. The fourth-order valence-corrected chi connectivity index (χ4v) is 3.42. The van der Waals surface area contributed by atoms with Gasteiger partial charge in [0.25, 0.3) is 5.91 Å². The van der Waals surface area contributed by atoms with Crippen molar-refractivity contribution in [2.75, 3.05) is 17.2 Å². The summed E-state index contributed by atoms with van der Waals surface area (Å²) < 4.78 is 5.52. The molecule has 0 spiro atoms. The van der Waals surface area contributed by atoms with Gasteiger partial charge >= 0.3 is 0 Å². The minimum absolute atomic E-state index is 0.309. The van der Waals surface area contributed by atoms with E-state index in [-0.39, 0.29) is 5.91 Å². The highest BCUT2D eigenvalue weighted by Gasteiger charge is 2.14. The SMILES string of the molecule is CCOc1ccc2cc(C(=O)Nc3cc(C(N)=O)ccc3NCc3ccccc3)[nH]c2c1. The van der Waals surface area contributed by atoms with E-state index >= 15 is 0 Å². The van der Waals surface area contributed by atoms with Gasteiger partial charge in [-0.15, -0.1) is 0 Å². The van der Waals surface area contributed by atoms with Gasteiger partial charge < -0.3 is 26.1 Å². The first kappa shape index (κ1) is 21.0. The van der Waals surface area contributed by atoms with Crippen molar-refractivity contribution in [3.63, 3.8) is 0 Å². The maximum Gasteiger partial charge on any atom is 0.272 e. The number of carbonyl (C=O) groups is 2. The second-order valence-corrected chi connectivity index (χ2v) is 7.28. The number of primary amides is 1. The predicted octanol–water partition coefficient (Wildman–Crippen LogP) is 4.53. The summed E-state index contributed by atoms with van der Waals surface area (Å²) in [6, 6.07) is 22.2. The van der Waals surface area contributed by atoms with Crippen LogP contribution in [0, 0.1) is 0 Å². The second-order valence-electron chi connectivity index (χ2n) is 7.28. The van der Waals surface area contributed by atoms with Gasteiger partial charge in [0.15, 0.2) is 0 Å². The zero-order valence-electron chi connectivity index (χ0n) is 17.6. The fourth-order valence-electron chi connectivity index (χ4n) is 3.42. The van der Waals surface area contributed by atoms with Gasteiger partial charge in [0.1, 0.15) is 11.4 Å². The summed E-state index contributed by atoms with van der Waals surface area (Å²) >= 11 is 0. The number of nitrogens with two attached hydrogens (primary N) is 1. The topological polar surface area (TPSA) is 109 Å². The smallest absolute Gasteiger partial charge is 0.272 e. The Labute approximate surface area is 185 Å². The molecule has 32 heavy (non-hydrogen) atoms. The molecule has 1 aromatic heterocycles. The number of hydrogen-bond donors (Lipinski definition) is 4. The van der Waals surface area contributed by atoms with E-state index in [1.54, 1.807) is 24.3 Å². The summed E-state index contributed by atoms with van der Waals surface area (Å²) in [5.74, 6) is -0.164. The lowest BCUT2D eigenvalue weighted by Crippen LogP contribution is -2.16. The number of aromatic nitrogens is 1. The van der Waals surface area contributed by atoms with Crippen LogP contribution in [0.3, 0.4) is 0 Å². The van der Waals surface area contributed by atoms with Gasteiger partial charge in [-0.05, 0) is 48.9 Å². The zero-order chi connectivity index (χ0) is 22.5. The van der Waals surface area contributed by atoms with Gasteiger partial charge in [0.2, 0.25) is 5.91 Å². The second kappa shape index (κ2) is 9.26. The van der Waals surface area contributed by atoms with Gasteiger partial charge in [0.05, 0.1) is 18.0 Å². The van der Waals surface area contributed by atoms with Crippen LogP contribution < -0.4 is 21.1 Å². The number of anilines is 2. The number of hydrogen-bond acceptors (Lipinski definition) is 4. The number of nitrogens with one attached hydrogen (secondary N) is 3. The number of amides is 2. The minimum Gasteiger partial charge on any atom is -0.494 e. The quantitative estimate of drug-likeness (QED) is 0.330. The maximum absolute atomic E-state index is 13.0. The van der Waals surface area contributed by atoms with Crippen LogP contribution in [-0.4, -0.2) is 23.4 Å². The lowest BCUT2D eigenvalue weighted by Gasteiger charge is -2.14. The molecule has 0 bridgehead atoms. The Morgan fingerprint density at radius 1 is 0.969 bits per heavy atom. The standard InChI is InChI=1S/C25H24N4O3/c1-2-32-19-10-8-17-12-23(28-21(17)14-19)25(31)29-22-13-18(24(26)30)9-11-20(22)27-15-16-6-4-3-5-7-16/h3-14,27-28H,2,15H2,1H3,(H2,26,30)(H,29,31). The highest BCUT2D eigenvalue weighted by atomic mass is 16.5. The summed E-state index contributed by atoms with van der Waals surface area (Å²) in [6.07, 6.45) is 0. The van der Waals surface area contributed by atoms with Crippen LogP contribution in [-0.2, 0) is 6.54 Å². The third-order valence-corrected chi connectivity index (χ3v) is 5.03. The van der Waals surface area contributed by atoms with Crippen molar-refractivity contribution in [3.05, 3.63) is 89.6 Å². The van der Waals surface area contributed by atoms with E-state index in [0.717, 1.165) is 22.2 Å². The van der Waals surface area contributed by atoms with Gasteiger partial charge in [-0.25, -0.2) is 0 Å². The molecule has 4 rings (SSSR count). The Bertz CT molecular complexity index is 1260. The summed E-state index contributed by atoms with van der Waals surface area (Å²) in [7, 11) is 0. The minimum atomic E-state index is -0.566. The molecule has 0 radical (unpaired) electrons. The molecule has 1 heterocycles. The number of aromatic amines is 1. The summed E-state index contributed by atoms with van der Waals surface area (Å²) in [4.78, 5) is 27.8. The maximum atomic E-state index is 13.0. The molecule has 0 aliphatic carbocycles. The van der Waals surface area contributed by atoms with Gasteiger partial charge in [0, 0.05) is 29.1 Å². The molecule has 0 fully saturated rings. The van der Waals surface area contributed by atoms with E-state index in [1.165, 1.54) is 0 Å². The monoisotopic (exact) mass is 428 g/mol. The molecule has 0 unspecified atom stereocenters. The van der Waals surface area contributed by atoms with E-state index in [4.69, 9.17) is 10.5 Å². The van der Waals surface area contributed by atoms with E-state index in [9.17, 15) is 9.59 Å². The van der Waals surface area contributed by atoms with Crippen LogP contribution in [0.25, 0.3) is 10.9 Å². The Morgan fingerprint density at radius 2 is 1.78 bits per heavy atom. The van der Waals surface area contributed by atoms with E-state index in [0.29, 0.717) is 35.8 Å². The molecular weight excluding hydrogens is 404 g/mol. The third-order valence-electron chi connectivity index (χ3n) is 5.03. The number of carbonyl (C=O) groups excluding carboxylic acids is 2. The molecule has 0 aliphatic rings. The first-order valence-corrected chi connectivity index (χ1v) is 10.3. The largest absolute Gasteiger partial charge is 0.494 e. The van der Waals surface area contributed by atoms with Gasteiger partial charge in [-0.1, -0.05) is 30.3 Å². The first-order valence-electron chi connectivity index (χ1n) is 10.3. The zero-order valence-corrected chi connectivity index (χ0v) is 17.6. The van der Waals surface area contributed by atoms with Crippen LogP contribution in [0.5, 0.6) is 5.75 Å². The summed E-state index contributed by atoms with van der Waals surface area (Å²) in [5, 5.41) is 7.09. The lowest BCUT2D eigenvalue weighted by molar-refractivity contribution is 0.0995. The third kappa shape index (κ3) is 4.73. The Hall–Kier alpha value is -4.26. The van der Waals surface area contributed by atoms with Gasteiger partial charge in [-0.2, -0.15) is 0 Å². The molecule has 3 aromatic carbocycles. The Morgan fingerprint density at radius 3 is 2.53 bits per heavy atom. The number of H-pyrrole nitrogens is 1. The van der Waals surface area contributed by atoms with Crippen molar-refractivity contribution in [1.82, 2.24) is 4.98 Å². The number of ether oxygens (including phenoxy) is 1. The molecule has 2 amide bonds. The molecule has 0 saturated heterocycles. The first-order chi connectivity index (χ1) is 15.5. The average Bonchev–Trinajstić information content (AvgIpc) is 3.23. The highest BCUT2D eigenvalue weighted by Crippen LogP contribution is 2.26. The molecule has 7 heteroatoms. The van der Waals surface area contributed by atoms with Crippen molar-refractivity contribution in [3.8, 4) is 5.75 Å². The van der Waals surface area contributed by atoms with Crippen molar-refractivity contribution < 1.29 is 14.3 Å². The summed E-state index contributed by atoms with van der Waals surface area (Å²) in [5.41, 5.74) is 9.18. The fraction of sp³-hybridized carbons (Fsp3) is 0.120.